The number of nitrogens with two attached hydrogens (primary N) is 3. The first kappa shape index (κ1) is 81.9. The number of Topliss-reactive ketones (excluding diaryl/α,β-unsaturated/α-hetero) is 2. The second kappa shape index (κ2) is 41.2. The van der Waals surface area contributed by atoms with Gasteiger partial charge in [-0.05, 0) is 69.6 Å². The number of fused-ring (bicyclic) bond motifs is 4. The number of carbonyl (C=O) groups is 10. The molecule has 554 valence electrons. The van der Waals surface area contributed by atoms with Crippen LogP contribution in [0.15, 0.2) is 64.2 Å². The summed E-state index contributed by atoms with van der Waals surface area (Å²) in [5, 5.41) is 40.8. The lowest BCUT2D eigenvalue weighted by atomic mass is 9.94. The Morgan fingerprint density at radius 1 is 0.892 bits per heavy atom. The van der Waals surface area contributed by atoms with Crippen molar-refractivity contribution < 1.29 is 85.2 Å². The van der Waals surface area contributed by atoms with E-state index >= 15 is 0 Å². The van der Waals surface area contributed by atoms with Crippen LogP contribution in [0.25, 0.3) is 21.7 Å². The number of hydrogen-bond acceptors (Lipinski definition) is 27. The third kappa shape index (κ3) is 24.6. The van der Waals surface area contributed by atoms with Crippen molar-refractivity contribution in [3.8, 4) is 17.2 Å². The number of ether oxygens (including phenoxy) is 5. The number of primary sulfonamides is 1. The van der Waals surface area contributed by atoms with Crippen LogP contribution in [0.1, 0.15) is 85.3 Å². The first-order valence-corrected chi connectivity index (χ1v) is 37.2. The Hall–Kier alpha value is -9.05. The fourth-order valence-corrected chi connectivity index (χ4v) is 14.2. The molecule has 0 spiro atoms. The van der Waals surface area contributed by atoms with Crippen LogP contribution >= 0.6 is 44.5 Å². The number of ketones is 2. The molecule has 4 heterocycles. The number of aliphatic hydroxyl groups is 1. The molecule has 0 aliphatic carbocycles. The number of halogens is 1. The first-order chi connectivity index (χ1) is 48.9. The molecule has 0 saturated carbocycles. The van der Waals surface area contributed by atoms with E-state index in [0.717, 1.165) is 10.9 Å². The number of benzene rings is 3. The second-order valence-electron chi connectivity index (χ2n) is 23.4. The van der Waals surface area contributed by atoms with Gasteiger partial charge >= 0.3 is 6.09 Å². The first-order valence-electron chi connectivity index (χ1n) is 31.8. The molecule has 0 radical (unpaired) electrons. The van der Waals surface area contributed by atoms with Crippen molar-refractivity contribution in [1.29, 1.82) is 0 Å². The Kier molecular flexibility index (Phi) is 33.0. The summed E-state index contributed by atoms with van der Waals surface area (Å²) < 4.78 is 51.6. The SMILES string of the molecule is C=O.COc1cc2[nH]cc(C(=O)N3C[C@@H](CCl)c4c3cc(OC(=O)N(C)CCSSC[C@@H](O)NC(=O)[C@H](COC=O)CC(=O)[C@H](CCCN=C(N)N)NC(=O)[C@H](COC=O)CC(=O)CCCCn3cc(CCCC(=O)Nc5nnc(S(N)(=O)=O)s5)nn3)c3ccccc43)c2cc1OCCN(C)C. The molecule has 0 fully saturated rings. The van der Waals surface area contributed by atoms with Crippen LogP contribution in [0.4, 0.5) is 15.6 Å². The number of aryl methyl sites for hydroxylation is 2. The smallest absolute Gasteiger partial charge is 0.415 e. The minimum absolute atomic E-state index is 0.0145. The lowest BCUT2D eigenvalue weighted by molar-refractivity contribution is -0.139. The van der Waals surface area contributed by atoms with E-state index in [9.17, 15) is 56.7 Å². The third-order valence-corrected chi connectivity index (χ3v) is 20.5. The van der Waals surface area contributed by atoms with Crippen molar-refractivity contribution in [2.45, 2.75) is 93.3 Å². The van der Waals surface area contributed by atoms with Crippen LogP contribution in [0.3, 0.4) is 0 Å². The van der Waals surface area contributed by atoms with Gasteiger partial charge in [-0.3, -0.25) is 48.0 Å². The number of aromatic amines is 1. The Labute approximate surface area is 604 Å². The van der Waals surface area contributed by atoms with Gasteiger partial charge in [0.25, 0.3) is 28.9 Å². The van der Waals surface area contributed by atoms with Crippen molar-refractivity contribution >= 4 is 154 Å². The minimum atomic E-state index is -4.06. The van der Waals surface area contributed by atoms with E-state index in [0.29, 0.717) is 107 Å². The van der Waals surface area contributed by atoms with Gasteiger partial charge in [0, 0.05) is 124 Å². The lowest BCUT2D eigenvalue weighted by Crippen LogP contribution is -2.47. The van der Waals surface area contributed by atoms with Gasteiger partial charge in [-0.1, -0.05) is 62.4 Å². The highest BCUT2D eigenvalue weighted by Gasteiger charge is 2.37. The molecule has 6 aromatic rings. The molecule has 1 aliphatic heterocycles. The molecule has 5 amide bonds. The van der Waals surface area contributed by atoms with Gasteiger partial charge in [0.2, 0.25) is 27.2 Å². The fraction of sp³-hybridized carbons (Fsp3) is 0.476. The van der Waals surface area contributed by atoms with Gasteiger partial charge < -0.3 is 80.7 Å². The Morgan fingerprint density at radius 2 is 1.61 bits per heavy atom. The van der Waals surface area contributed by atoms with Crippen LogP contribution in [-0.2, 0) is 70.8 Å². The predicted octanol–water partition coefficient (Wildman–Crippen LogP) is 3.27. The molecule has 3 aromatic heterocycles. The number of carbonyl (C=O) groups excluding carboxylic acids is 10. The number of H-pyrrole nitrogens is 1. The van der Waals surface area contributed by atoms with Crippen LogP contribution in [0.5, 0.6) is 17.2 Å². The summed E-state index contributed by atoms with van der Waals surface area (Å²) in [7, 11) is 5.37. The molecular weight excluding hydrogens is 1430 g/mol. The number of aliphatic hydroxyl groups excluding tert-OH is 1. The van der Waals surface area contributed by atoms with Gasteiger partial charge in [0.1, 0.15) is 44.4 Å². The Morgan fingerprint density at radius 3 is 2.28 bits per heavy atom. The zero-order chi connectivity index (χ0) is 74.5. The molecule has 5 atom stereocenters. The number of anilines is 2. The number of methoxy groups -OCH3 is 1. The standard InChI is InChI=1S/C62H81ClN16O17S4.CH2O/c1-76(2)19-21-95-52-25-44-45(29-68-47(44)26-51(52)92-4)58(88)79-30-39(28-63)55-43-14-6-5-13-42(43)50(27-48(55)79)96-62(89)77(3)20-22-97-98-34-54(85)70-57(87)38(33-94-36-81)24-49(83)46(15-10-17-67-59(64)65)69-56(86)37(32-93-35-80)23-41(82)12-7-8-18-78-31-40(72-75-78)11-9-16-53(84)71-60-73-74-61(99-60)100(66,90)91;1-2/h5-6,13-14,25-27,29,31,35-39,46,54,68,85H,7-12,15-24,28,30,32-34H2,1-4H3,(H,69,86)(H,70,87)(H4,64,65,67)(H2,66,90,91)(H,71,73,84);1H2/t37-,38-,39+,46-,54+;/m0./s1. The number of alkyl halides is 1. The van der Waals surface area contributed by atoms with Gasteiger partial charge in [-0.2, -0.15) is 0 Å². The quantitative estimate of drug-likeness (QED) is 0.00398. The number of unbranched alkanes of at least 4 members (excludes halogenated alkanes) is 1. The van der Waals surface area contributed by atoms with E-state index in [4.69, 9.17) is 56.7 Å². The predicted molar refractivity (Wildman–Crippen MR) is 382 cm³/mol. The molecular formula is C63H83ClN16O18S4. The van der Waals surface area contributed by atoms with Crippen molar-refractivity contribution in [1.82, 2.24) is 50.6 Å². The van der Waals surface area contributed by atoms with Crippen LogP contribution in [-0.4, -0.2) is 224 Å². The van der Waals surface area contributed by atoms with Crippen molar-refractivity contribution in [3.63, 3.8) is 0 Å². The van der Waals surface area contributed by atoms with E-state index in [1.54, 1.807) is 54.3 Å². The molecule has 39 heteroatoms. The molecule has 0 bridgehead atoms. The number of aromatic nitrogens is 6. The van der Waals surface area contributed by atoms with Crippen LogP contribution in [0, 0.1) is 11.8 Å². The maximum Gasteiger partial charge on any atom is 0.415 e. The van der Waals surface area contributed by atoms with Gasteiger partial charge in [0.15, 0.2) is 23.2 Å². The normalized spacial score (nSPS) is 13.7. The van der Waals surface area contributed by atoms with Crippen molar-refractivity contribution in [3.05, 3.63) is 71.7 Å². The molecule has 1 aliphatic rings. The third-order valence-electron chi connectivity index (χ3n) is 15.6. The zero-order valence-corrected chi connectivity index (χ0v) is 60.5. The Balaban J connectivity index is 0.00000810. The molecule has 11 N–H and O–H groups in total. The van der Waals surface area contributed by atoms with Crippen LogP contribution < -0.4 is 51.7 Å². The molecule has 3 aromatic carbocycles. The number of rotatable bonds is 44. The van der Waals surface area contributed by atoms with E-state index in [-0.39, 0.29) is 111 Å². The monoisotopic (exact) mass is 1510 g/mol. The Bertz CT molecular complexity index is 4010. The van der Waals surface area contributed by atoms with E-state index in [1.165, 1.54) is 26.5 Å². The highest BCUT2D eigenvalue weighted by atomic mass is 35.5. The zero-order valence-electron chi connectivity index (χ0n) is 56.4. The molecule has 102 heavy (non-hydrogen) atoms. The summed E-state index contributed by atoms with van der Waals surface area (Å²) >= 11 is 7.23. The maximum atomic E-state index is 14.7. The van der Waals surface area contributed by atoms with Crippen molar-refractivity contribution in [2.75, 3.05) is 102 Å². The molecule has 0 saturated heterocycles. The highest BCUT2D eigenvalue weighted by Crippen LogP contribution is 2.47. The van der Waals surface area contributed by atoms with Crippen molar-refractivity contribution in [2.24, 2.45) is 33.4 Å². The minimum Gasteiger partial charge on any atom is -0.493 e. The number of nitrogens with one attached hydrogen (secondary N) is 4. The summed E-state index contributed by atoms with van der Waals surface area (Å²) in [6, 6.07) is 11.4. The highest BCUT2D eigenvalue weighted by molar-refractivity contribution is 8.76. The molecule has 7 rings (SSSR count). The van der Waals surface area contributed by atoms with Gasteiger partial charge in [-0.25, -0.2) is 18.4 Å². The molecule has 0 unspecified atom stereocenters. The fourth-order valence-electron chi connectivity index (χ4n) is 10.6. The average Bonchev–Trinajstić information content (AvgIpc) is 1.56. The average molecular weight is 1520 g/mol. The number of sulfonamides is 1. The largest absolute Gasteiger partial charge is 0.493 e. The summed E-state index contributed by atoms with van der Waals surface area (Å²) in [5.41, 5.74) is 14.1. The summed E-state index contributed by atoms with van der Waals surface area (Å²) in [4.78, 5) is 139. The van der Waals surface area contributed by atoms with Crippen LogP contribution in [0.2, 0.25) is 0 Å². The number of likely N-dealkylation sites (N-methyl/N-ethyl adjacent to an activating group) is 1. The number of guanidine groups is 1. The number of nitrogens with zero attached hydrogens (tertiary/aromatic N) is 9. The van der Waals surface area contributed by atoms with E-state index < -0.39 is 87.7 Å². The summed E-state index contributed by atoms with van der Waals surface area (Å²) in [5.74, 6) is -4.78. The van der Waals surface area contributed by atoms with E-state index in [1.807, 2.05) is 50.0 Å². The number of aliphatic imine (C=N–C) groups is 1. The summed E-state index contributed by atoms with van der Waals surface area (Å²) in [6.45, 7) is 3.02. The second-order valence-corrected chi connectivity index (χ2v) is 29.0. The van der Waals surface area contributed by atoms with Gasteiger partial charge in [0.05, 0.1) is 47.4 Å². The maximum absolute atomic E-state index is 14.7. The topological polar surface area (TPSA) is 480 Å². The lowest BCUT2D eigenvalue weighted by Gasteiger charge is -2.24. The number of amides is 5. The van der Waals surface area contributed by atoms with E-state index in [2.05, 4.69) is 46.4 Å². The summed E-state index contributed by atoms with van der Waals surface area (Å²) in [6.07, 6.45) is 2.05. The number of hydrogen-bond donors (Lipinski definition) is 8. The van der Waals surface area contributed by atoms with Gasteiger partial charge in [-0.15, -0.1) is 26.9 Å². The molecule has 34 nitrogen and oxygen atoms in total.